The normalized spacial score (nSPS) is 12.2. The largest absolute Gasteiger partial charge is 0.480 e. The second-order valence-electron chi connectivity index (χ2n) is 3.52. The zero-order chi connectivity index (χ0) is 10.7. The number of carboxylic acid groups (broad SMARTS) is 1. The lowest BCUT2D eigenvalue weighted by molar-refractivity contribution is -0.137. The summed E-state index contributed by atoms with van der Waals surface area (Å²) in [7, 11) is 0. The van der Waals surface area contributed by atoms with Gasteiger partial charge in [0.15, 0.2) is 0 Å². The molecule has 0 saturated carbocycles. The second kappa shape index (κ2) is 4.13. The first kappa shape index (κ1) is 10.6. The van der Waals surface area contributed by atoms with E-state index < -0.39 is 12.0 Å². The molecule has 0 bridgehead atoms. The maximum absolute atomic E-state index is 10.6. The summed E-state index contributed by atoms with van der Waals surface area (Å²) in [5, 5.41) is 11.7. The lowest BCUT2D eigenvalue weighted by atomic mass is 10.1. The summed E-state index contributed by atoms with van der Waals surface area (Å²) < 4.78 is 0. The monoisotopic (exact) mass is 193 g/mol. The number of nitrogens with one attached hydrogen (secondary N) is 1. The number of aliphatic carboxylic acids is 1. The van der Waals surface area contributed by atoms with E-state index in [2.05, 4.69) is 5.32 Å². The van der Waals surface area contributed by atoms with Gasteiger partial charge in [0.05, 0.1) is 0 Å². The summed E-state index contributed by atoms with van der Waals surface area (Å²) in [6, 6.07) is 5.33. The van der Waals surface area contributed by atoms with Gasteiger partial charge in [0, 0.05) is 5.69 Å². The van der Waals surface area contributed by atoms with Crippen molar-refractivity contribution < 1.29 is 9.90 Å². The van der Waals surface area contributed by atoms with Crippen LogP contribution in [0.2, 0.25) is 0 Å². The molecule has 0 aliphatic rings. The number of hydrogen-bond acceptors (Lipinski definition) is 2. The van der Waals surface area contributed by atoms with Gasteiger partial charge in [-0.2, -0.15) is 0 Å². The van der Waals surface area contributed by atoms with Crippen LogP contribution < -0.4 is 5.32 Å². The summed E-state index contributed by atoms with van der Waals surface area (Å²) in [6.07, 6.45) is 0. The second-order valence-corrected chi connectivity index (χ2v) is 3.52. The molecule has 0 saturated heterocycles. The number of benzene rings is 1. The molecule has 3 heteroatoms. The van der Waals surface area contributed by atoms with Crippen molar-refractivity contribution in [2.75, 3.05) is 5.32 Å². The third-order valence-electron chi connectivity index (χ3n) is 2.12. The number of rotatable bonds is 3. The Bertz CT molecular complexity index is 347. The molecule has 0 heterocycles. The summed E-state index contributed by atoms with van der Waals surface area (Å²) in [5.74, 6) is -0.843. The molecule has 3 nitrogen and oxygen atoms in total. The number of aryl methyl sites for hydroxylation is 2. The van der Waals surface area contributed by atoms with Crippen LogP contribution in [0.15, 0.2) is 18.2 Å². The summed E-state index contributed by atoms with van der Waals surface area (Å²) >= 11 is 0. The molecule has 1 rings (SSSR count). The predicted octanol–water partition coefficient (Wildman–Crippen LogP) is 2.19. The quantitative estimate of drug-likeness (QED) is 0.773. The Morgan fingerprint density at radius 2 is 2.07 bits per heavy atom. The molecular formula is C11H15NO2. The topological polar surface area (TPSA) is 49.3 Å². The van der Waals surface area contributed by atoms with Gasteiger partial charge >= 0.3 is 5.97 Å². The Morgan fingerprint density at radius 3 is 2.57 bits per heavy atom. The predicted molar refractivity (Wildman–Crippen MR) is 56.6 cm³/mol. The zero-order valence-electron chi connectivity index (χ0n) is 8.66. The summed E-state index contributed by atoms with van der Waals surface area (Å²) in [4.78, 5) is 10.6. The average Bonchev–Trinajstić information content (AvgIpc) is 2.09. The van der Waals surface area contributed by atoms with E-state index in [9.17, 15) is 4.79 Å². The highest BCUT2D eigenvalue weighted by Gasteiger charge is 2.10. The minimum absolute atomic E-state index is 0.559. The first-order valence-corrected chi connectivity index (χ1v) is 4.57. The van der Waals surface area contributed by atoms with E-state index in [0.717, 1.165) is 11.3 Å². The minimum Gasteiger partial charge on any atom is -0.480 e. The molecule has 1 aromatic carbocycles. The van der Waals surface area contributed by atoms with E-state index in [1.165, 1.54) is 5.56 Å². The lowest BCUT2D eigenvalue weighted by Crippen LogP contribution is -2.25. The molecule has 14 heavy (non-hydrogen) atoms. The van der Waals surface area contributed by atoms with Crippen molar-refractivity contribution >= 4 is 11.7 Å². The molecule has 0 aliphatic carbocycles. The molecule has 1 unspecified atom stereocenters. The van der Waals surface area contributed by atoms with Crippen LogP contribution in [0.1, 0.15) is 18.1 Å². The van der Waals surface area contributed by atoms with Crippen molar-refractivity contribution in [3.05, 3.63) is 29.3 Å². The third kappa shape index (κ3) is 2.49. The van der Waals surface area contributed by atoms with Gasteiger partial charge in [-0.3, -0.25) is 4.79 Å². The fraction of sp³-hybridized carbons (Fsp3) is 0.364. The van der Waals surface area contributed by atoms with Crippen molar-refractivity contribution in [3.63, 3.8) is 0 Å². The number of carbonyl (C=O) groups is 1. The zero-order valence-corrected chi connectivity index (χ0v) is 8.66. The van der Waals surface area contributed by atoms with Gasteiger partial charge in [0.2, 0.25) is 0 Å². The molecular weight excluding hydrogens is 178 g/mol. The van der Waals surface area contributed by atoms with Crippen molar-refractivity contribution in [2.45, 2.75) is 26.8 Å². The van der Waals surface area contributed by atoms with E-state index in [1.54, 1.807) is 6.92 Å². The van der Waals surface area contributed by atoms with Crippen LogP contribution in [0.25, 0.3) is 0 Å². The van der Waals surface area contributed by atoms with Crippen LogP contribution >= 0.6 is 0 Å². The van der Waals surface area contributed by atoms with E-state index in [1.807, 2.05) is 32.0 Å². The first-order chi connectivity index (χ1) is 6.50. The Balaban J connectivity index is 2.82. The van der Waals surface area contributed by atoms with E-state index >= 15 is 0 Å². The van der Waals surface area contributed by atoms with Crippen LogP contribution in [-0.2, 0) is 4.79 Å². The molecule has 0 fully saturated rings. The van der Waals surface area contributed by atoms with Crippen LogP contribution in [0, 0.1) is 13.8 Å². The molecule has 76 valence electrons. The minimum atomic E-state index is -0.843. The van der Waals surface area contributed by atoms with Crippen molar-refractivity contribution in [1.29, 1.82) is 0 Å². The Hall–Kier alpha value is -1.51. The van der Waals surface area contributed by atoms with E-state index in [0.29, 0.717) is 0 Å². The number of carboxylic acids is 1. The van der Waals surface area contributed by atoms with Gasteiger partial charge in [-0.15, -0.1) is 0 Å². The molecule has 0 aliphatic heterocycles. The Morgan fingerprint density at radius 1 is 1.43 bits per heavy atom. The van der Waals surface area contributed by atoms with Crippen LogP contribution in [-0.4, -0.2) is 17.1 Å². The highest BCUT2D eigenvalue weighted by atomic mass is 16.4. The standard InChI is InChI=1S/C11H15NO2/c1-7-4-5-10(8(2)6-7)12-9(3)11(13)14/h4-6,9,12H,1-3H3,(H,13,14). The van der Waals surface area contributed by atoms with Crippen molar-refractivity contribution in [1.82, 2.24) is 0 Å². The van der Waals surface area contributed by atoms with Gasteiger partial charge < -0.3 is 10.4 Å². The number of hydrogen-bond donors (Lipinski definition) is 2. The highest BCUT2D eigenvalue weighted by molar-refractivity contribution is 5.77. The Labute approximate surface area is 83.8 Å². The maximum atomic E-state index is 10.6. The lowest BCUT2D eigenvalue weighted by Gasteiger charge is -2.13. The maximum Gasteiger partial charge on any atom is 0.325 e. The molecule has 1 aromatic rings. The van der Waals surface area contributed by atoms with Gasteiger partial charge in [0.1, 0.15) is 6.04 Å². The average molecular weight is 193 g/mol. The number of anilines is 1. The van der Waals surface area contributed by atoms with Gasteiger partial charge in [-0.1, -0.05) is 17.7 Å². The van der Waals surface area contributed by atoms with Gasteiger partial charge in [-0.05, 0) is 32.4 Å². The highest BCUT2D eigenvalue weighted by Crippen LogP contribution is 2.16. The third-order valence-corrected chi connectivity index (χ3v) is 2.12. The van der Waals surface area contributed by atoms with Crippen LogP contribution in [0.4, 0.5) is 5.69 Å². The summed E-state index contributed by atoms with van der Waals surface area (Å²) in [6.45, 7) is 5.60. The molecule has 0 radical (unpaired) electrons. The summed E-state index contributed by atoms with van der Waals surface area (Å²) in [5.41, 5.74) is 3.12. The van der Waals surface area contributed by atoms with Crippen LogP contribution in [0.5, 0.6) is 0 Å². The molecule has 2 N–H and O–H groups in total. The first-order valence-electron chi connectivity index (χ1n) is 4.57. The molecule has 0 spiro atoms. The molecule has 0 amide bonds. The smallest absolute Gasteiger partial charge is 0.325 e. The van der Waals surface area contributed by atoms with Crippen molar-refractivity contribution in [2.24, 2.45) is 0 Å². The SMILES string of the molecule is Cc1ccc(NC(C)C(=O)O)c(C)c1. The molecule has 0 aromatic heterocycles. The van der Waals surface area contributed by atoms with E-state index in [4.69, 9.17) is 5.11 Å². The Kier molecular flexibility index (Phi) is 3.12. The van der Waals surface area contributed by atoms with E-state index in [-0.39, 0.29) is 0 Å². The fourth-order valence-corrected chi connectivity index (χ4v) is 1.27. The van der Waals surface area contributed by atoms with Gasteiger partial charge in [-0.25, -0.2) is 0 Å². The van der Waals surface area contributed by atoms with Crippen molar-refractivity contribution in [3.8, 4) is 0 Å². The molecule has 1 atom stereocenters. The van der Waals surface area contributed by atoms with Crippen LogP contribution in [0.3, 0.4) is 0 Å². The van der Waals surface area contributed by atoms with Gasteiger partial charge in [0.25, 0.3) is 0 Å². The fourth-order valence-electron chi connectivity index (χ4n) is 1.27.